The molecule has 34 heavy (non-hydrogen) atoms. The molecule has 2 aromatic rings. The summed E-state index contributed by atoms with van der Waals surface area (Å²) >= 11 is 0. The van der Waals surface area contributed by atoms with E-state index >= 15 is 0 Å². The van der Waals surface area contributed by atoms with Crippen LogP contribution in [0.4, 0.5) is 0 Å². The molecule has 10 heteroatoms. The van der Waals surface area contributed by atoms with Crippen molar-refractivity contribution in [1.29, 1.82) is 0 Å². The molecule has 0 amide bonds. The summed E-state index contributed by atoms with van der Waals surface area (Å²) in [6.45, 7) is 2.23. The summed E-state index contributed by atoms with van der Waals surface area (Å²) in [6, 6.07) is 8.90. The van der Waals surface area contributed by atoms with Crippen LogP contribution in [0.15, 0.2) is 36.4 Å². The monoisotopic (exact) mass is 502 g/mol. The van der Waals surface area contributed by atoms with E-state index in [4.69, 9.17) is 23.3 Å². The van der Waals surface area contributed by atoms with Crippen LogP contribution >= 0.6 is 7.82 Å². The van der Waals surface area contributed by atoms with Crippen molar-refractivity contribution in [1.82, 2.24) is 0 Å². The first-order valence-corrected chi connectivity index (χ1v) is 12.4. The van der Waals surface area contributed by atoms with E-state index in [1.54, 1.807) is 12.1 Å². The quantitative estimate of drug-likeness (QED) is 0.158. The molecule has 0 N–H and O–H groups in total. The summed E-state index contributed by atoms with van der Waals surface area (Å²) in [5.41, 5.74) is 0.532. The molecule has 0 saturated heterocycles. The Balaban J connectivity index is 0.00000578. The second-order valence-corrected chi connectivity index (χ2v) is 8.74. The van der Waals surface area contributed by atoms with Crippen LogP contribution in [0.25, 0.3) is 0 Å². The number of rotatable bonds is 15. The second kappa shape index (κ2) is 15.5. The van der Waals surface area contributed by atoms with Crippen LogP contribution < -0.4 is 53.2 Å². The van der Waals surface area contributed by atoms with E-state index in [9.17, 15) is 14.3 Å². The van der Waals surface area contributed by atoms with Crippen molar-refractivity contribution < 1.29 is 67.1 Å². The minimum absolute atomic E-state index is 0. The van der Waals surface area contributed by atoms with E-state index < -0.39 is 7.82 Å². The van der Waals surface area contributed by atoms with Crippen molar-refractivity contribution in [2.24, 2.45) is 0 Å². The Hall–Kier alpha value is -1.54. The number of phosphoric ester groups is 1. The first-order valence-electron chi connectivity index (χ1n) is 10.9. The number of carbonyl (C=O) groups excluding carboxylic acids is 1. The van der Waals surface area contributed by atoms with Gasteiger partial charge in [-0.05, 0) is 30.7 Å². The summed E-state index contributed by atoms with van der Waals surface area (Å²) in [4.78, 5) is 25.2. The number of hydrogen-bond acceptors (Lipinski definition) is 8. The molecule has 0 fully saturated rings. The van der Waals surface area contributed by atoms with Crippen molar-refractivity contribution >= 4 is 13.6 Å². The van der Waals surface area contributed by atoms with E-state index in [0.29, 0.717) is 29.2 Å². The van der Waals surface area contributed by atoms with E-state index in [-0.39, 0.29) is 53.3 Å². The van der Waals surface area contributed by atoms with Gasteiger partial charge in [0, 0.05) is 17.7 Å². The van der Waals surface area contributed by atoms with Crippen molar-refractivity contribution in [3.05, 3.63) is 47.5 Å². The minimum Gasteiger partial charge on any atom is -0.746 e. The minimum atomic E-state index is -4.50. The van der Waals surface area contributed by atoms with Crippen molar-refractivity contribution in [3.8, 4) is 23.0 Å². The van der Waals surface area contributed by atoms with Crippen molar-refractivity contribution in [2.75, 3.05) is 27.9 Å². The van der Waals surface area contributed by atoms with Gasteiger partial charge in [-0.2, -0.15) is 0 Å². The molecular formula is C24H32NaO8P. The third-order valence-corrected chi connectivity index (χ3v) is 5.96. The molecule has 0 saturated carbocycles. The molecule has 2 aromatic carbocycles. The molecule has 1 atom stereocenters. The fourth-order valence-corrected chi connectivity index (χ4v) is 4.04. The van der Waals surface area contributed by atoms with Gasteiger partial charge in [0.25, 0.3) is 0 Å². The first kappa shape index (κ1) is 30.5. The average molecular weight is 502 g/mol. The van der Waals surface area contributed by atoms with Crippen LogP contribution in [0.5, 0.6) is 23.0 Å². The van der Waals surface area contributed by atoms with Gasteiger partial charge in [-0.1, -0.05) is 39.0 Å². The van der Waals surface area contributed by atoms with Crippen LogP contribution in [-0.4, -0.2) is 33.7 Å². The van der Waals surface area contributed by atoms with E-state index in [1.807, 2.05) is 0 Å². The molecule has 0 aliphatic carbocycles. The van der Waals surface area contributed by atoms with Crippen molar-refractivity contribution in [2.45, 2.75) is 45.4 Å². The van der Waals surface area contributed by atoms with Gasteiger partial charge in [-0.15, -0.1) is 0 Å². The van der Waals surface area contributed by atoms with Gasteiger partial charge < -0.3 is 28.2 Å². The number of benzene rings is 2. The van der Waals surface area contributed by atoms with Crippen LogP contribution in [0.3, 0.4) is 0 Å². The molecule has 182 valence electrons. The first-order chi connectivity index (χ1) is 15.8. The van der Waals surface area contributed by atoms with E-state index in [1.165, 1.54) is 52.0 Å². The maximum Gasteiger partial charge on any atom is 1.00 e. The molecule has 1 unspecified atom stereocenters. The van der Waals surface area contributed by atoms with Crippen LogP contribution in [-0.2, 0) is 9.09 Å². The number of ether oxygens (including phenoxy) is 3. The molecular weight excluding hydrogens is 470 g/mol. The Morgan fingerprint density at radius 1 is 0.853 bits per heavy atom. The van der Waals surface area contributed by atoms with Gasteiger partial charge in [0.2, 0.25) is 5.78 Å². The molecule has 8 nitrogen and oxygen atoms in total. The van der Waals surface area contributed by atoms with Gasteiger partial charge in [-0.25, -0.2) is 0 Å². The smallest absolute Gasteiger partial charge is 0.746 e. The second-order valence-electron chi connectivity index (χ2n) is 7.40. The average Bonchev–Trinajstić information content (AvgIpc) is 2.82. The molecule has 2 rings (SSSR count). The van der Waals surface area contributed by atoms with Gasteiger partial charge in [0.1, 0.15) is 28.6 Å². The number of methoxy groups -OCH3 is 3. The maximum absolute atomic E-state index is 13.1. The fourth-order valence-electron chi connectivity index (χ4n) is 3.26. The summed E-state index contributed by atoms with van der Waals surface area (Å²) in [5, 5.41) is 0. The Morgan fingerprint density at radius 3 is 1.94 bits per heavy atom. The predicted octanol–water partition coefficient (Wildman–Crippen LogP) is 2.17. The normalized spacial score (nSPS) is 12.3. The largest absolute Gasteiger partial charge is 1.00 e. The van der Waals surface area contributed by atoms with E-state index in [2.05, 4.69) is 6.92 Å². The molecule has 0 aliphatic rings. The predicted molar refractivity (Wildman–Crippen MR) is 124 cm³/mol. The van der Waals surface area contributed by atoms with Crippen LogP contribution in [0.2, 0.25) is 0 Å². The zero-order chi connectivity index (χ0) is 24.3. The van der Waals surface area contributed by atoms with E-state index in [0.717, 1.165) is 25.7 Å². The SMILES string of the molecule is CCCCCCCCOP(=O)([O-])Oc1ccc(C(=O)c2c(OC)cc(OC)cc2OC)cc1.[Na+]. The third kappa shape index (κ3) is 9.25. The molecule has 0 bridgehead atoms. The molecule has 0 aromatic heterocycles. The van der Waals surface area contributed by atoms with Gasteiger partial charge in [0.05, 0.1) is 27.9 Å². The fraction of sp³-hybridized carbons (Fsp3) is 0.458. The number of hydrogen-bond donors (Lipinski definition) is 0. The topological polar surface area (TPSA) is 103 Å². The standard InChI is InChI=1S/C24H33O8P.Na/c1-5-6-7-8-9-10-15-31-33(26,27)32-19-13-11-18(12-14-19)24(25)23-21(29-3)16-20(28-2)17-22(23)30-4;/h11-14,16-17H,5-10,15H2,1-4H3,(H,26,27);/q;+1/p-1. The Bertz CT molecular complexity index is 923. The summed E-state index contributed by atoms with van der Waals surface area (Å²) < 4.78 is 37.9. The van der Waals surface area contributed by atoms with Gasteiger partial charge >= 0.3 is 37.4 Å². The number of phosphoric acid groups is 1. The zero-order valence-electron chi connectivity index (χ0n) is 20.6. The Morgan fingerprint density at radius 2 is 1.41 bits per heavy atom. The van der Waals surface area contributed by atoms with Crippen molar-refractivity contribution in [3.63, 3.8) is 0 Å². The molecule has 0 radical (unpaired) electrons. The van der Waals surface area contributed by atoms with Gasteiger partial charge in [0.15, 0.2) is 0 Å². The van der Waals surface area contributed by atoms with Crippen LogP contribution in [0, 0.1) is 0 Å². The number of ketones is 1. The zero-order valence-corrected chi connectivity index (χ0v) is 23.5. The maximum atomic E-state index is 13.1. The molecule has 0 aliphatic heterocycles. The number of carbonyl (C=O) groups is 1. The third-order valence-electron chi connectivity index (χ3n) is 5.02. The van der Waals surface area contributed by atoms with Gasteiger partial charge in [-0.3, -0.25) is 9.36 Å². The Labute approximate surface area is 223 Å². The summed E-state index contributed by atoms with van der Waals surface area (Å²) in [6.07, 6.45) is 6.10. The summed E-state index contributed by atoms with van der Waals surface area (Å²) in [7, 11) is -0.109. The molecule has 0 heterocycles. The Kier molecular flexibility index (Phi) is 13.9. The number of unbranched alkanes of at least 4 members (excludes halogenated alkanes) is 5. The summed E-state index contributed by atoms with van der Waals surface area (Å²) in [5.74, 6) is 0.771. The molecule has 0 spiro atoms. The van der Waals surface area contributed by atoms with Crippen LogP contribution in [0.1, 0.15) is 61.4 Å².